The SMILES string of the molecule is C=C1CC(c2ccc(N(CC)CC)cc2)C(=O)C1c1ccc(N(CC)CC)cc1. The van der Waals surface area contributed by atoms with Gasteiger partial charge in [-0.2, -0.15) is 0 Å². The Balaban J connectivity index is 1.79. The van der Waals surface area contributed by atoms with Gasteiger partial charge in [0.15, 0.2) is 5.78 Å². The number of rotatable bonds is 8. The molecule has 2 aromatic carbocycles. The molecule has 3 heteroatoms. The first-order valence-electron chi connectivity index (χ1n) is 10.9. The lowest BCUT2D eigenvalue weighted by molar-refractivity contribution is -0.119. The van der Waals surface area contributed by atoms with E-state index in [1.807, 2.05) is 0 Å². The first-order chi connectivity index (χ1) is 14.0. The molecule has 0 aliphatic heterocycles. The Hall–Kier alpha value is -2.55. The van der Waals surface area contributed by atoms with E-state index in [0.717, 1.165) is 49.3 Å². The molecule has 154 valence electrons. The molecule has 3 nitrogen and oxygen atoms in total. The fourth-order valence-electron chi connectivity index (χ4n) is 4.54. The van der Waals surface area contributed by atoms with Gasteiger partial charge in [-0.1, -0.05) is 36.4 Å². The minimum atomic E-state index is -0.187. The van der Waals surface area contributed by atoms with Crippen LogP contribution >= 0.6 is 0 Å². The maximum Gasteiger partial charge on any atom is 0.152 e. The molecule has 1 aliphatic rings. The molecule has 0 radical (unpaired) electrons. The number of Topliss-reactive ketones (excluding diaryl/α,β-unsaturated/α-hetero) is 1. The molecule has 2 aromatic rings. The third-order valence-corrected chi connectivity index (χ3v) is 6.28. The lowest BCUT2D eigenvalue weighted by Gasteiger charge is -2.22. The van der Waals surface area contributed by atoms with Gasteiger partial charge < -0.3 is 9.80 Å². The van der Waals surface area contributed by atoms with Crippen molar-refractivity contribution in [1.82, 2.24) is 0 Å². The Morgan fingerprint density at radius 2 is 1.17 bits per heavy atom. The highest BCUT2D eigenvalue weighted by atomic mass is 16.1. The first kappa shape index (κ1) is 21.2. The highest BCUT2D eigenvalue weighted by Crippen LogP contribution is 2.44. The Morgan fingerprint density at radius 1 is 0.759 bits per heavy atom. The number of ketones is 1. The van der Waals surface area contributed by atoms with E-state index in [1.54, 1.807) is 0 Å². The maximum atomic E-state index is 13.3. The molecule has 0 spiro atoms. The zero-order chi connectivity index (χ0) is 21.0. The number of carbonyl (C=O) groups is 1. The molecule has 0 heterocycles. The summed E-state index contributed by atoms with van der Waals surface area (Å²) in [5.41, 5.74) is 5.63. The summed E-state index contributed by atoms with van der Waals surface area (Å²) in [5, 5.41) is 0. The highest BCUT2D eigenvalue weighted by Gasteiger charge is 2.38. The van der Waals surface area contributed by atoms with Crippen LogP contribution in [0.2, 0.25) is 0 Å². The van der Waals surface area contributed by atoms with Gasteiger partial charge in [0.2, 0.25) is 0 Å². The number of allylic oxidation sites excluding steroid dienone is 1. The van der Waals surface area contributed by atoms with Gasteiger partial charge in [0.05, 0.1) is 5.92 Å². The van der Waals surface area contributed by atoms with Crippen molar-refractivity contribution >= 4 is 17.2 Å². The zero-order valence-electron chi connectivity index (χ0n) is 18.3. The van der Waals surface area contributed by atoms with Crippen LogP contribution in [-0.2, 0) is 4.79 Å². The van der Waals surface area contributed by atoms with Gasteiger partial charge in [-0.25, -0.2) is 0 Å². The smallest absolute Gasteiger partial charge is 0.152 e. The predicted octanol–water partition coefficient (Wildman–Crippen LogP) is 5.78. The number of benzene rings is 2. The Morgan fingerprint density at radius 3 is 1.59 bits per heavy atom. The van der Waals surface area contributed by atoms with Gasteiger partial charge in [-0.15, -0.1) is 0 Å². The van der Waals surface area contributed by atoms with Crippen LogP contribution in [0.1, 0.15) is 57.1 Å². The number of hydrogen-bond donors (Lipinski definition) is 0. The van der Waals surface area contributed by atoms with E-state index in [9.17, 15) is 4.79 Å². The maximum absolute atomic E-state index is 13.3. The molecular weight excluding hydrogens is 356 g/mol. The number of carbonyl (C=O) groups excluding carboxylic acids is 1. The van der Waals surface area contributed by atoms with E-state index in [0.29, 0.717) is 0 Å². The van der Waals surface area contributed by atoms with E-state index < -0.39 is 0 Å². The predicted molar refractivity (Wildman–Crippen MR) is 124 cm³/mol. The monoisotopic (exact) mass is 390 g/mol. The second-order valence-electron chi connectivity index (χ2n) is 7.78. The summed E-state index contributed by atoms with van der Waals surface area (Å²) >= 11 is 0. The van der Waals surface area contributed by atoms with Crippen molar-refractivity contribution in [3.63, 3.8) is 0 Å². The van der Waals surface area contributed by atoms with Gasteiger partial charge >= 0.3 is 0 Å². The number of nitrogens with zero attached hydrogens (tertiary/aromatic N) is 2. The average Bonchev–Trinajstić information content (AvgIpc) is 3.05. The summed E-state index contributed by atoms with van der Waals surface area (Å²) in [6.07, 6.45) is 0.742. The number of anilines is 2. The normalized spacial score (nSPS) is 18.9. The fraction of sp³-hybridized carbons (Fsp3) is 0.423. The topological polar surface area (TPSA) is 23.6 Å². The fourth-order valence-corrected chi connectivity index (χ4v) is 4.54. The molecule has 0 saturated heterocycles. The zero-order valence-corrected chi connectivity index (χ0v) is 18.3. The Bertz CT molecular complexity index is 830. The van der Waals surface area contributed by atoms with Gasteiger partial charge in [-0.3, -0.25) is 4.79 Å². The third-order valence-electron chi connectivity index (χ3n) is 6.28. The van der Waals surface area contributed by atoms with Crippen molar-refractivity contribution in [3.05, 3.63) is 71.8 Å². The molecule has 0 N–H and O–H groups in total. The molecule has 0 amide bonds. The van der Waals surface area contributed by atoms with Crippen LogP contribution in [-0.4, -0.2) is 32.0 Å². The summed E-state index contributed by atoms with van der Waals surface area (Å²) in [4.78, 5) is 17.9. The van der Waals surface area contributed by atoms with E-state index in [1.165, 1.54) is 11.4 Å². The van der Waals surface area contributed by atoms with Gasteiger partial charge in [0, 0.05) is 43.5 Å². The van der Waals surface area contributed by atoms with Crippen molar-refractivity contribution < 1.29 is 4.79 Å². The summed E-state index contributed by atoms with van der Waals surface area (Å²) in [6, 6.07) is 17.0. The Kier molecular flexibility index (Phi) is 6.79. The van der Waals surface area contributed by atoms with E-state index in [-0.39, 0.29) is 17.6 Å². The molecule has 0 bridgehead atoms. The molecule has 1 fully saturated rings. The second-order valence-corrected chi connectivity index (χ2v) is 7.78. The highest BCUT2D eigenvalue weighted by molar-refractivity contribution is 5.97. The van der Waals surface area contributed by atoms with Gasteiger partial charge in [0.1, 0.15) is 0 Å². The molecule has 1 saturated carbocycles. The molecule has 29 heavy (non-hydrogen) atoms. The molecule has 2 atom stereocenters. The Labute approximate surface area is 176 Å². The average molecular weight is 391 g/mol. The van der Waals surface area contributed by atoms with Crippen molar-refractivity contribution in [2.45, 2.75) is 46.0 Å². The second kappa shape index (κ2) is 9.30. The van der Waals surface area contributed by atoms with Crippen LogP contribution in [0.25, 0.3) is 0 Å². The summed E-state index contributed by atoms with van der Waals surface area (Å²) in [5.74, 6) is 0.00935. The van der Waals surface area contributed by atoms with Crippen LogP contribution in [0.5, 0.6) is 0 Å². The lowest BCUT2D eigenvalue weighted by atomic mass is 9.90. The summed E-state index contributed by atoms with van der Waals surface area (Å²) in [6.45, 7) is 16.9. The first-order valence-corrected chi connectivity index (χ1v) is 10.9. The molecule has 3 rings (SSSR count). The molecule has 1 aliphatic carbocycles. The molecule has 0 aromatic heterocycles. The van der Waals surface area contributed by atoms with Crippen molar-refractivity contribution in [1.29, 1.82) is 0 Å². The van der Waals surface area contributed by atoms with E-state index in [4.69, 9.17) is 0 Å². The van der Waals surface area contributed by atoms with Crippen molar-refractivity contribution in [2.75, 3.05) is 36.0 Å². The largest absolute Gasteiger partial charge is 0.372 e. The lowest BCUT2D eigenvalue weighted by Crippen LogP contribution is -2.22. The van der Waals surface area contributed by atoms with E-state index >= 15 is 0 Å². The molecule has 2 unspecified atom stereocenters. The van der Waals surface area contributed by atoms with Crippen molar-refractivity contribution in [2.24, 2.45) is 0 Å². The van der Waals surface area contributed by atoms with Crippen LogP contribution in [0.15, 0.2) is 60.7 Å². The minimum Gasteiger partial charge on any atom is -0.372 e. The summed E-state index contributed by atoms with van der Waals surface area (Å²) < 4.78 is 0. The van der Waals surface area contributed by atoms with Crippen LogP contribution in [0.4, 0.5) is 11.4 Å². The van der Waals surface area contributed by atoms with Gasteiger partial charge in [-0.05, 0) is 69.5 Å². The van der Waals surface area contributed by atoms with E-state index in [2.05, 4.69) is 92.6 Å². The minimum absolute atomic E-state index is 0.0827. The van der Waals surface area contributed by atoms with Crippen LogP contribution < -0.4 is 9.80 Å². The van der Waals surface area contributed by atoms with Crippen molar-refractivity contribution in [3.8, 4) is 0 Å². The van der Waals surface area contributed by atoms with Crippen LogP contribution in [0, 0.1) is 0 Å². The van der Waals surface area contributed by atoms with Gasteiger partial charge in [0.25, 0.3) is 0 Å². The third kappa shape index (κ3) is 4.24. The number of hydrogen-bond acceptors (Lipinski definition) is 3. The standard InChI is InChI=1S/C26H34N2O/c1-6-27(7-2)22-14-10-20(11-15-22)24-18-19(5)25(26(24)29)21-12-16-23(17-13-21)28(8-3)9-4/h10-17,24-25H,5-9,18H2,1-4H3. The molecular formula is C26H34N2O. The van der Waals surface area contributed by atoms with Crippen LogP contribution in [0.3, 0.4) is 0 Å². The quantitative estimate of drug-likeness (QED) is 0.534. The summed E-state index contributed by atoms with van der Waals surface area (Å²) in [7, 11) is 0.